The van der Waals surface area contributed by atoms with Crippen LogP contribution in [0.2, 0.25) is 10.0 Å². The van der Waals surface area contributed by atoms with Gasteiger partial charge in [0.25, 0.3) is 0 Å². The molecule has 17 heteroatoms. The zero-order valence-corrected chi connectivity index (χ0v) is 25.8. The number of benzene rings is 1. The molecule has 0 bridgehead atoms. The van der Waals surface area contributed by atoms with Crippen LogP contribution in [0.5, 0.6) is 0 Å². The number of carbonyl (C=O) groups excluding carboxylic acids is 1. The predicted octanol–water partition coefficient (Wildman–Crippen LogP) is 4.93. The van der Waals surface area contributed by atoms with Gasteiger partial charge in [0.05, 0.1) is 26.7 Å². The van der Waals surface area contributed by atoms with Gasteiger partial charge in [0.2, 0.25) is 5.91 Å². The van der Waals surface area contributed by atoms with Gasteiger partial charge in [0.15, 0.2) is 20.5 Å². The van der Waals surface area contributed by atoms with E-state index in [0.29, 0.717) is 10.6 Å². The number of aromatic nitrogens is 4. The van der Waals surface area contributed by atoms with Crippen molar-refractivity contribution in [3.05, 3.63) is 81.1 Å². The van der Waals surface area contributed by atoms with Gasteiger partial charge in [0, 0.05) is 43.7 Å². The number of amides is 1. The molecule has 1 atom stereocenters. The van der Waals surface area contributed by atoms with E-state index in [1.54, 1.807) is 11.8 Å². The summed E-state index contributed by atoms with van der Waals surface area (Å²) in [6.45, 7) is 5.81. The van der Waals surface area contributed by atoms with Crippen molar-refractivity contribution < 1.29 is 30.8 Å². The van der Waals surface area contributed by atoms with Gasteiger partial charge >= 0.3 is 11.9 Å². The molecule has 3 aromatic heterocycles. The highest BCUT2D eigenvalue weighted by molar-refractivity contribution is 7.90. The summed E-state index contributed by atoms with van der Waals surface area (Å²) >= 11 is 12.9. The summed E-state index contributed by atoms with van der Waals surface area (Å²) < 4.78 is 83.4. The highest BCUT2D eigenvalue weighted by atomic mass is 35.5. The van der Waals surface area contributed by atoms with Crippen molar-refractivity contribution in [3.8, 4) is 16.9 Å². The van der Waals surface area contributed by atoms with Gasteiger partial charge in [-0.05, 0) is 37.3 Å². The fourth-order valence-electron chi connectivity index (χ4n) is 5.19. The van der Waals surface area contributed by atoms with Gasteiger partial charge in [-0.2, -0.15) is 18.2 Å². The monoisotopic (exact) mass is 684 g/mol. The van der Waals surface area contributed by atoms with Crippen LogP contribution in [0.25, 0.3) is 28.0 Å². The summed E-state index contributed by atoms with van der Waals surface area (Å²) in [5, 5.41) is -1.32. The highest BCUT2D eigenvalue weighted by Gasteiger charge is 2.37. The van der Waals surface area contributed by atoms with Crippen LogP contribution in [0, 0.1) is 5.82 Å². The van der Waals surface area contributed by atoms with Crippen LogP contribution in [0.3, 0.4) is 0 Å². The van der Waals surface area contributed by atoms with Gasteiger partial charge in [-0.3, -0.25) is 4.79 Å². The Balaban J connectivity index is 1.89. The molecule has 1 amide bonds. The molecule has 45 heavy (non-hydrogen) atoms. The Morgan fingerprint density at radius 1 is 1.13 bits per heavy atom. The van der Waals surface area contributed by atoms with E-state index in [-0.39, 0.29) is 41.8 Å². The van der Waals surface area contributed by atoms with E-state index in [1.165, 1.54) is 17.0 Å². The minimum absolute atomic E-state index is 0.00275. The number of carbonyl (C=O) groups is 1. The Bertz CT molecular complexity index is 2060. The molecular formula is C28H22Cl2F4N6O4S. The second-order valence-electron chi connectivity index (χ2n) is 10.2. The maximum absolute atomic E-state index is 15.1. The predicted molar refractivity (Wildman–Crippen MR) is 160 cm³/mol. The minimum Gasteiger partial charge on any atom is -0.350 e. The summed E-state index contributed by atoms with van der Waals surface area (Å²) in [4.78, 5) is 41.6. The Kier molecular flexibility index (Phi) is 8.40. The lowest BCUT2D eigenvalue weighted by Crippen LogP contribution is -2.54. The molecule has 4 aromatic rings. The summed E-state index contributed by atoms with van der Waals surface area (Å²) in [5.74, 6) is -1.61. The second-order valence-corrected chi connectivity index (χ2v) is 12.9. The van der Waals surface area contributed by atoms with Crippen LogP contribution in [-0.2, 0) is 20.8 Å². The molecular weight excluding hydrogens is 663 g/mol. The van der Waals surface area contributed by atoms with Crippen LogP contribution < -0.4 is 10.6 Å². The third-order valence-electron chi connectivity index (χ3n) is 7.16. The number of anilines is 1. The van der Waals surface area contributed by atoms with Crippen molar-refractivity contribution in [3.63, 3.8) is 0 Å². The van der Waals surface area contributed by atoms with E-state index >= 15 is 4.39 Å². The average Bonchev–Trinajstić information content (AvgIpc) is 2.96. The highest BCUT2D eigenvalue weighted by Crippen LogP contribution is 2.42. The number of alkyl halides is 3. The summed E-state index contributed by atoms with van der Waals surface area (Å²) in [6, 6.07) is 4.25. The molecule has 5 rings (SSSR count). The lowest BCUT2D eigenvalue weighted by atomic mass is 10.0. The minimum atomic E-state index is -5.02. The lowest BCUT2D eigenvalue weighted by Gasteiger charge is -2.40. The van der Waals surface area contributed by atoms with Crippen molar-refractivity contribution in [1.29, 1.82) is 0 Å². The number of piperazine rings is 1. The Morgan fingerprint density at radius 3 is 2.47 bits per heavy atom. The first-order valence-electron chi connectivity index (χ1n) is 13.1. The van der Waals surface area contributed by atoms with Gasteiger partial charge in [-0.1, -0.05) is 35.8 Å². The molecule has 0 unspecified atom stereocenters. The van der Waals surface area contributed by atoms with Crippen LogP contribution >= 0.6 is 23.2 Å². The van der Waals surface area contributed by atoms with Gasteiger partial charge in [0.1, 0.15) is 17.3 Å². The molecule has 236 valence electrons. The number of nitrogens with zero attached hydrogens (tertiary/aromatic N) is 6. The Hall–Kier alpha value is -4.08. The lowest BCUT2D eigenvalue weighted by molar-refractivity contribution is -0.137. The van der Waals surface area contributed by atoms with Crippen LogP contribution in [-0.4, -0.2) is 70.7 Å². The van der Waals surface area contributed by atoms with E-state index in [1.807, 2.05) is 0 Å². The largest absolute Gasteiger partial charge is 0.417 e. The topological polar surface area (TPSA) is 118 Å². The molecule has 0 N–H and O–H groups in total. The zero-order chi connectivity index (χ0) is 33.0. The fraction of sp³-hybridized carbons (Fsp3) is 0.250. The zero-order valence-electron chi connectivity index (χ0n) is 23.4. The van der Waals surface area contributed by atoms with Gasteiger partial charge in [-0.25, -0.2) is 32.1 Å². The maximum atomic E-state index is 15.1. The normalized spacial score (nSPS) is 15.9. The molecule has 1 fully saturated rings. The maximum Gasteiger partial charge on any atom is 0.417 e. The molecule has 1 saturated heterocycles. The number of hydrogen-bond donors (Lipinski definition) is 0. The van der Waals surface area contributed by atoms with Gasteiger partial charge in [-0.15, -0.1) is 0 Å². The molecule has 0 aliphatic carbocycles. The molecule has 10 nitrogen and oxygen atoms in total. The van der Waals surface area contributed by atoms with E-state index < -0.39 is 71.8 Å². The Labute approximate surface area is 263 Å². The second kappa shape index (κ2) is 11.7. The summed E-state index contributed by atoms with van der Waals surface area (Å²) in [5.41, 5.74) is -5.03. The number of fused-ring (bicyclic) bond motifs is 1. The molecule has 0 saturated carbocycles. The first-order valence-corrected chi connectivity index (χ1v) is 15.7. The molecule has 1 aromatic carbocycles. The third kappa shape index (κ3) is 5.87. The number of sulfone groups is 1. The molecule has 4 heterocycles. The van der Waals surface area contributed by atoms with Gasteiger partial charge < -0.3 is 9.80 Å². The van der Waals surface area contributed by atoms with Crippen LogP contribution in [0.4, 0.5) is 23.4 Å². The molecule has 0 radical (unpaired) electrons. The molecule has 1 aliphatic rings. The SMILES string of the molecule is C=CC(=O)N1CCN(c2nc(=O)n(-c3c(Cl)ccnc3S(C)(=O)=O)c3nc(-c4c(F)cccc4C(F)(F)F)c(Cl)cc23)[C@@H](C)C1. The van der Waals surface area contributed by atoms with Crippen molar-refractivity contribution in [2.75, 3.05) is 30.8 Å². The first kappa shape index (κ1) is 32.3. The quantitative estimate of drug-likeness (QED) is 0.215. The standard InChI is InChI=1S/C28H22Cl2F4N6O4S/c1-4-20(41)38-10-11-39(14(2)13-38)24-15-12-18(30)22(21-16(28(32,33)34)6-5-7-19(21)31)36-25(15)40(27(42)37-24)23-17(29)8-9-35-26(23)45(3,43)44/h4-9,12,14H,1,10-11,13H2,2-3H3/t14-/m0/s1. The fourth-order valence-corrected chi connectivity index (χ4v) is 6.53. The number of pyridine rings is 2. The van der Waals surface area contributed by atoms with E-state index in [0.717, 1.165) is 30.7 Å². The number of halogens is 6. The summed E-state index contributed by atoms with van der Waals surface area (Å²) in [6.07, 6.45) is -1.94. The van der Waals surface area contributed by atoms with E-state index in [9.17, 15) is 31.2 Å². The van der Waals surface area contributed by atoms with E-state index in [2.05, 4.69) is 21.5 Å². The van der Waals surface area contributed by atoms with Crippen molar-refractivity contribution in [2.24, 2.45) is 0 Å². The smallest absolute Gasteiger partial charge is 0.350 e. The number of hydrogen-bond acceptors (Lipinski definition) is 8. The number of rotatable bonds is 5. The van der Waals surface area contributed by atoms with Crippen LogP contribution in [0.1, 0.15) is 12.5 Å². The molecule has 1 aliphatic heterocycles. The average molecular weight is 685 g/mol. The van der Waals surface area contributed by atoms with Crippen molar-refractivity contribution in [1.82, 2.24) is 24.4 Å². The molecule has 0 spiro atoms. The third-order valence-corrected chi connectivity index (χ3v) is 8.75. The summed E-state index contributed by atoms with van der Waals surface area (Å²) in [7, 11) is -4.15. The van der Waals surface area contributed by atoms with Crippen molar-refractivity contribution in [2.45, 2.75) is 24.2 Å². The van der Waals surface area contributed by atoms with Crippen LogP contribution in [0.15, 0.2) is 59.0 Å². The van der Waals surface area contributed by atoms with Crippen molar-refractivity contribution >= 4 is 55.8 Å². The Morgan fingerprint density at radius 2 is 1.84 bits per heavy atom. The van der Waals surface area contributed by atoms with E-state index in [4.69, 9.17) is 23.2 Å². The first-order chi connectivity index (χ1) is 21.0.